The lowest BCUT2D eigenvalue weighted by atomic mass is 10.0. The minimum Gasteiger partial charge on any atom is -0.278 e. The Bertz CT molecular complexity index is 1210. The molecule has 0 fully saturated rings. The lowest BCUT2D eigenvalue weighted by Crippen LogP contribution is -2.19. The van der Waals surface area contributed by atoms with E-state index in [1.54, 1.807) is 12.1 Å². The second-order valence-electron chi connectivity index (χ2n) is 8.13. The van der Waals surface area contributed by atoms with Gasteiger partial charge in [-0.1, -0.05) is 30.3 Å². The van der Waals surface area contributed by atoms with E-state index in [2.05, 4.69) is 79.1 Å². The van der Waals surface area contributed by atoms with Gasteiger partial charge in [0, 0.05) is 5.56 Å². The summed E-state index contributed by atoms with van der Waals surface area (Å²) in [6.07, 6.45) is 0. The molecule has 0 aliphatic heterocycles. The number of hydrogen-bond acceptors (Lipinski definition) is 4. The first kappa shape index (κ1) is 22.9. The van der Waals surface area contributed by atoms with Gasteiger partial charge in [-0.3, -0.25) is 10.2 Å². The van der Waals surface area contributed by atoms with Crippen molar-refractivity contribution in [2.75, 3.05) is 5.43 Å². The van der Waals surface area contributed by atoms with Gasteiger partial charge in [-0.15, -0.1) is 0 Å². The van der Waals surface area contributed by atoms with Crippen LogP contribution in [0.4, 0.5) is 5.69 Å². The van der Waals surface area contributed by atoms with Crippen molar-refractivity contribution in [3.05, 3.63) is 99.6 Å². The Hall–Kier alpha value is -3.73. The van der Waals surface area contributed by atoms with Crippen molar-refractivity contribution in [1.29, 1.82) is 0 Å². The van der Waals surface area contributed by atoms with Gasteiger partial charge in [-0.2, -0.15) is 10.2 Å². The second-order valence-corrected chi connectivity index (χ2v) is 8.13. The number of carbonyl (C=O) groups is 1. The molecule has 3 rings (SSSR count). The van der Waals surface area contributed by atoms with E-state index in [1.165, 1.54) is 22.3 Å². The molecule has 0 heterocycles. The van der Waals surface area contributed by atoms with Crippen molar-refractivity contribution < 1.29 is 4.79 Å². The number of benzene rings is 3. The number of rotatable bonds is 6. The number of hydrazone groups is 2. The van der Waals surface area contributed by atoms with Crippen LogP contribution >= 0.6 is 0 Å². The molecular weight excluding hydrogens is 396 g/mol. The largest absolute Gasteiger partial charge is 0.278 e. The number of aryl methyl sites for hydroxylation is 4. The summed E-state index contributed by atoms with van der Waals surface area (Å²) in [4.78, 5) is 12.6. The zero-order valence-electron chi connectivity index (χ0n) is 19.6. The predicted molar refractivity (Wildman–Crippen MR) is 134 cm³/mol. The zero-order chi connectivity index (χ0) is 23.3. The van der Waals surface area contributed by atoms with Gasteiger partial charge in [-0.25, -0.2) is 5.43 Å². The van der Waals surface area contributed by atoms with Crippen molar-refractivity contribution >= 4 is 23.0 Å². The highest BCUT2D eigenvalue weighted by Crippen LogP contribution is 2.14. The Morgan fingerprint density at radius 2 is 1.22 bits per heavy atom. The molecule has 0 saturated heterocycles. The van der Waals surface area contributed by atoms with Gasteiger partial charge in [0.1, 0.15) is 0 Å². The first-order valence-electron chi connectivity index (χ1n) is 10.6. The molecule has 0 aromatic heterocycles. The first-order valence-corrected chi connectivity index (χ1v) is 10.6. The summed E-state index contributed by atoms with van der Waals surface area (Å²) in [6.45, 7) is 12.2. The Labute approximate surface area is 190 Å². The predicted octanol–water partition coefficient (Wildman–Crippen LogP) is 5.91. The Balaban J connectivity index is 1.68. The highest BCUT2D eigenvalue weighted by molar-refractivity contribution is 6.01. The molecule has 5 nitrogen and oxygen atoms in total. The molecule has 1 amide bonds. The van der Waals surface area contributed by atoms with Crippen molar-refractivity contribution in [2.24, 2.45) is 10.2 Å². The van der Waals surface area contributed by atoms with Gasteiger partial charge >= 0.3 is 0 Å². The average Bonchev–Trinajstić information content (AvgIpc) is 2.79. The van der Waals surface area contributed by atoms with Gasteiger partial charge in [0.05, 0.1) is 17.1 Å². The van der Waals surface area contributed by atoms with Crippen LogP contribution in [-0.2, 0) is 0 Å². The molecule has 0 spiro atoms. The Kier molecular flexibility index (Phi) is 7.21. The van der Waals surface area contributed by atoms with Gasteiger partial charge in [0.25, 0.3) is 5.91 Å². The van der Waals surface area contributed by atoms with Crippen LogP contribution < -0.4 is 10.9 Å². The fourth-order valence-corrected chi connectivity index (χ4v) is 3.14. The number of nitrogens with one attached hydrogen (secondary N) is 2. The summed E-state index contributed by atoms with van der Waals surface area (Å²) in [5.74, 6) is -0.272. The van der Waals surface area contributed by atoms with Crippen LogP contribution in [0.2, 0.25) is 0 Å². The molecule has 0 bridgehead atoms. The Morgan fingerprint density at radius 3 is 1.78 bits per heavy atom. The molecule has 0 atom stereocenters. The van der Waals surface area contributed by atoms with E-state index in [-0.39, 0.29) is 5.91 Å². The Morgan fingerprint density at radius 1 is 0.656 bits per heavy atom. The molecule has 2 N–H and O–H groups in total. The first-order chi connectivity index (χ1) is 15.2. The maximum Gasteiger partial charge on any atom is 0.271 e. The smallest absolute Gasteiger partial charge is 0.271 e. The van der Waals surface area contributed by atoms with Crippen LogP contribution in [0.25, 0.3) is 0 Å². The average molecular weight is 427 g/mol. The van der Waals surface area contributed by atoms with E-state index in [9.17, 15) is 4.79 Å². The second kappa shape index (κ2) is 10.1. The molecule has 3 aromatic rings. The van der Waals surface area contributed by atoms with Crippen molar-refractivity contribution in [3.63, 3.8) is 0 Å². The van der Waals surface area contributed by atoms with Crippen molar-refractivity contribution in [3.8, 4) is 0 Å². The highest BCUT2D eigenvalue weighted by Gasteiger charge is 2.07. The summed E-state index contributed by atoms with van der Waals surface area (Å²) in [5, 5.41) is 8.74. The van der Waals surface area contributed by atoms with E-state index in [1.807, 2.05) is 32.0 Å². The fraction of sp³-hybridized carbons (Fsp3) is 0.222. The van der Waals surface area contributed by atoms with E-state index >= 15 is 0 Å². The third kappa shape index (κ3) is 5.70. The normalized spacial score (nSPS) is 11.9. The molecule has 0 aliphatic rings. The van der Waals surface area contributed by atoms with E-state index < -0.39 is 0 Å². The number of carbonyl (C=O) groups excluding carboxylic acids is 1. The molecule has 0 aliphatic carbocycles. The lowest BCUT2D eigenvalue weighted by Gasteiger charge is -2.08. The van der Waals surface area contributed by atoms with Gasteiger partial charge < -0.3 is 0 Å². The van der Waals surface area contributed by atoms with Crippen LogP contribution in [-0.4, -0.2) is 17.3 Å². The maximum absolute atomic E-state index is 12.6. The van der Waals surface area contributed by atoms with Gasteiger partial charge in [0.2, 0.25) is 0 Å². The number of hydrogen-bond donors (Lipinski definition) is 2. The summed E-state index contributed by atoms with van der Waals surface area (Å²) in [7, 11) is 0. The van der Waals surface area contributed by atoms with Gasteiger partial charge in [0.15, 0.2) is 0 Å². The lowest BCUT2D eigenvalue weighted by molar-refractivity contribution is 0.0955. The van der Waals surface area contributed by atoms with Crippen LogP contribution in [0.1, 0.15) is 57.6 Å². The number of anilines is 1. The standard InChI is InChI=1S/C27H30N4O/c1-17-10-12-23(14-19(17)3)21(5)28-30-26-9-7-8-25(16-26)27(32)31-29-22(6)24-13-11-18(2)20(4)15-24/h7-16,30H,1-6H3,(H,31,32)/b28-21+,29-22+. The molecule has 0 saturated carbocycles. The molecule has 32 heavy (non-hydrogen) atoms. The van der Waals surface area contributed by atoms with Crippen molar-refractivity contribution in [1.82, 2.24) is 5.43 Å². The third-order valence-electron chi connectivity index (χ3n) is 5.65. The van der Waals surface area contributed by atoms with Crippen LogP contribution in [0, 0.1) is 27.7 Å². The summed E-state index contributed by atoms with van der Waals surface area (Å²) < 4.78 is 0. The topological polar surface area (TPSA) is 65.8 Å². The molecule has 164 valence electrons. The van der Waals surface area contributed by atoms with E-state index in [4.69, 9.17) is 0 Å². The molecule has 0 unspecified atom stereocenters. The highest BCUT2D eigenvalue weighted by atomic mass is 16.2. The number of amides is 1. The molecule has 3 aromatic carbocycles. The fourth-order valence-electron chi connectivity index (χ4n) is 3.14. The summed E-state index contributed by atoms with van der Waals surface area (Å²) in [6, 6.07) is 19.6. The van der Waals surface area contributed by atoms with Crippen molar-refractivity contribution in [2.45, 2.75) is 41.5 Å². The monoisotopic (exact) mass is 426 g/mol. The SMILES string of the molecule is C/C(=N\NC(=O)c1cccc(N/N=C(\C)c2ccc(C)c(C)c2)c1)c1ccc(C)c(C)c1. The van der Waals surface area contributed by atoms with Crippen LogP contribution in [0.3, 0.4) is 0 Å². The molecule has 0 radical (unpaired) electrons. The quantitative estimate of drug-likeness (QED) is 0.380. The van der Waals surface area contributed by atoms with Crippen LogP contribution in [0.5, 0.6) is 0 Å². The van der Waals surface area contributed by atoms with E-state index in [0.717, 1.165) is 28.2 Å². The third-order valence-corrected chi connectivity index (χ3v) is 5.65. The van der Waals surface area contributed by atoms with Crippen LogP contribution in [0.15, 0.2) is 70.9 Å². The molecular formula is C27H30N4O. The van der Waals surface area contributed by atoms with Gasteiger partial charge in [-0.05, 0) is 105 Å². The minimum absolute atomic E-state index is 0.272. The summed E-state index contributed by atoms with van der Waals surface area (Å²) in [5.41, 5.74) is 15.5. The zero-order valence-corrected chi connectivity index (χ0v) is 19.6. The number of nitrogens with zero attached hydrogens (tertiary/aromatic N) is 2. The minimum atomic E-state index is -0.272. The molecule has 5 heteroatoms. The van der Waals surface area contributed by atoms with E-state index in [0.29, 0.717) is 5.56 Å². The summed E-state index contributed by atoms with van der Waals surface area (Å²) >= 11 is 0. The maximum atomic E-state index is 12.6.